The van der Waals surface area contributed by atoms with Crippen molar-refractivity contribution in [1.82, 2.24) is 4.98 Å². The lowest BCUT2D eigenvalue weighted by Crippen LogP contribution is -2.29. The SMILES string of the molecule is O=C1C(=O)N(c2nccs2)C(c2ccc(Br)cc2)/C1=C(/O)c1ccc([N+](=O)[O-])cc1. The molecule has 3 aromatic rings. The Morgan fingerprint density at radius 1 is 1.13 bits per heavy atom. The van der Waals surface area contributed by atoms with Gasteiger partial charge < -0.3 is 5.11 Å². The predicted molar refractivity (Wildman–Crippen MR) is 114 cm³/mol. The molecule has 1 unspecified atom stereocenters. The van der Waals surface area contributed by atoms with Crippen LogP contribution in [0.3, 0.4) is 0 Å². The number of hydrogen-bond donors (Lipinski definition) is 1. The zero-order valence-electron chi connectivity index (χ0n) is 15.1. The van der Waals surface area contributed by atoms with Crippen molar-refractivity contribution < 1.29 is 19.6 Å². The van der Waals surface area contributed by atoms with Gasteiger partial charge in [-0.2, -0.15) is 0 Å². The first kappa shape index (κ1) is 19.9. The highest BCUT2D eigenvalue weighted by Crippen LogP contribution is 2.42. The molecular weight excluding hydrogens is 474 g/mol. The fourth-order valence-corrected chi connectivity index (χ4v) is 4.15. The van der Waals surface area contributed by atoms with Crippen molar-refractivity contribution in [1.29, 1.82) is 0 Å². The summed E-state index contributed by atoms with van der Waals surface area (Å²) in [5.41, 5.74) is 0.543. The molecule has 4 rings (SSSR count). The van der Waals surface area contributed by atoms with Gasteiger partial charge in [-0.1, -0.05) is 28.1 Å². The lowest BCUT2D eigenvalue weighted by atomic mass is 9.95. The summed E-state index contributed by atoms with van der Waals surface area (Å²) in [5.74, 6) is -2.06. The number of nitrogens with zero attached hydrogens (tertiary/aromatic N) is 3. The third-order valence-corrected chi connectivity index (χ3v) is 5.91. The van der Waals surface area contributed by atoms with Crippen molar-refractivity contribution in [2.75, 3.05) is 4.90 Å². The molecule has 8 nitrogen and oxygen atoms in total. The van der Waals surface area contributed by atoms with E-state index in [0.29, 0.717) is 10.7 Å². The Hall–Kier alpha value is -3.37. The molecule has 0 spiro atoms. The van der Waals surface area contributed by atoms with Crippen LogP contribution in [0.2, 0.25) is 0 Å². The summed E-state index contributed by atoms with van der Waals surface area (Å²) in [6.45, 7) is 0. The number of benzene rings is 2. The molecule has 0 aliphatic carbocycles. The van der Waals surface area contributed by atoms with Gasteiger partial charge in [0, 0.05) is 33.7 Å². The highest BCUT2D eigenvalue weighted by molar-refractivity contribution is 9.10. The smallest absolute Gasteiger partial charge is 0.301 e. The van der Waals surface area contributed by atoms with E-state index in [4.69, 9.17) is 0 Å². The van der Waals surface area contributed by atoms with E-state index in [1.807, 2.05) is 0 Å². The third kappa shape index (κ3) is 3.40. The summed E-state index contributed by atoms with van der Waals surface area (Å²) < 4.78 is 0.813. The third-order valence-electron chi connectivity index (χ3n) is 4.61. The van der Waals surface area contributed by atoms with Gasteiger partial charge in [0.25, 0.3) is 11.5 Å². The minimum absolute atomic E-state index is 0.105. The number of nitro groups is 1. The van der Waals surface area contributed by atoms with Crippen LogP contribution >= 0.6 is 27.3 Å². The van der Waals surface area contributed by atoms with E-state index in [1.54, 1.807) is 29.6 Å². The molecule has 0 saturated carbocycles. The lowest BCUT2D eigenvalue weighted by Gasteiger charge is -2.23. The Morgan fingerprint density at radius 2 is 1.80 bits per heavy atom. The molecular formula is C20H12BrN3O5S. The predicted octanol–water partition coefficient (Wildman–Crippen LogP) is 4.44. The molecule has 0 bridgehead atoms. The number of ketones is 1. The van der Waals surface area contributed by atoms with Crippen molar-refractivity contribution in [2.45, 2.75) is 6.04 Å². The number of halogens is 1. The molecule has 0 radical (unpaired) electrons. The molecule has 1 aromatic heterocycles. The van der Waals surface area contributed by atoms with Crippen LogP contribution in [0.4, 0.5) is 10.8 Å². The van der Waals surface area contributed by atoms with Crippen LogP contribution in [0.25, 0.3) is 5.76 Å². The zero-order chi connectivity index (χ0) is 21.4. The maximum absolute atomic E-state index is 12.9. The van der Waals surface area contributed by atoms with Crippen molar-refractivity contribution >= 4 is 55.5 Å². The first-order valence-corrected chi connectivity index (χ1v) is 10.3. The zero-order valence-corrected chi connectivity index (χ0v) is 17.5. The van der Waals surface area contributed by atoms with Crippen LogP contribution in [0.15, 0.2) is 70.2 Å². The van der Waals surface area contributed by atoms with Gasteiger partial charge >= 0.3 is 5.91 Å². The second-order valence-corrected chi connectivity index (χ2v) is 8.13. The molecule has 1 aliphatic heterocycles. The Morgan fingerprint density at radius 3 is 2.37 bits per heavy atom. The van der Waals surface area contributed by atoms with E-state index in [2.05, 4.69) is 20.9 Å². The maximum atomic E-state index is 12.9. The summed E-state index contributed by atoms with van der Waals surface area (Å²) in [7, 11) is 0. The second kappa shape index (κ2) is 7.81. The number of aliphatic hydroxyl groups excluding tert-OH is 1. The fraction of sp³-hybridized carbons (Fsp3) is 0.0500. The van der Waals surface area contributed by atoms with Gasteiger partial charge in [-0.05, 0) is 29.8 Å². The normalized spacial score (nSPS) is 18.0. The minimum atomic E-state index is -0.889. The number of thiazole rings is 1. The van der Waals surface area contributed by atoms with E-state index in [-0.39, 0.29) is 16.8 Å². The van der Waals surface area contributed by atoms with E-state index >= 15 is 0 Å². The van der Waals surface area contributed by atoms with Gasteiger partial charge in [-0.25, -0.2) is 4.98 Å². The average molecular weight is 486 g/mol. The number of aromatic nitrogens is 1. The Kier molecular flexibility index (Phi) is 5.18. The van der Waals surface area contributed by atoms with Crippen molar-refractivity contribution in [3.63, 3.8) is 0 Å². The first-order chi connectivity index (χ1) is 14.4. The summed E-state index contributed by atoms with van der Waals surface area (Å²) in [4.78, 5) is 41.5. The van der Waals surface area contributed by atoms with Crippen LogP contribution in [-0.2, 0) is 9.59 Å². The summed E-state index contributed by atoms with van der Waals surface area (Å²) >= 11 is 4.55. The Balaban J connectivity index is 1.90. The molecule has 1 atom stereocenters. The lowest BCUT2D eigenvalue weighted by molar-refractivity contribution is -0.384. The number of carbonyl (C=O) groups is 2. The van der Waals surface area contributed by atoms with Crippen LogP contribution < -0.4 is 4.90 Å². The van der Waals surface area contributed by atoms with E-state index in [0.717, 1.165) is 4.47 Å². The first-order valence-electron chi connectivity index (χ1n) is 8.59. The van der Waals surface area contributed by atoms with E-state index < -0.39 is 28.4 Å². The van der Waals surface area contributed by atoms with Crippen LogP contribution in [-0.4, -0.2) is 26.7 Å². The molecule has 1 saturated heterocycles. The van der Waals surface area contributed by atoms with Crippen molar-refractivity contribution in [2.24, 2.45) is 0 Å². The molecule has 2 heterocycles. The van der Waals surface area contributed by atoms with Gasteiger partial charge in [-0.15, -0.1) is 11.3 Å². The second-order valence-electron chi connectivity index (χ2n) is 6.34. The summed E-state index contributed by atoms with van der Waals surface area (Å²) in [5, 5.41) is 23.8. The van der Waals surface area contributed by atoms with Gasteiger partial charge in [0.15, 0.2) is 5.13 Å². The fourth-order valence-electron chi connectivity index (χ4n) is 3.22. The monoisotopic (exact) mass is 485 g/mol. The highest BCUT2D eigenvalue weighted by atomic mass is 79.9. The number of amides is 1. The quantitative estimate of drug-likeness (QED) is 0.192. The molecule has 1 amide bonds. The number of nitro benzene ring substituents is 1. The minimum Gasteiger partial charge on any atom is -0.507 e. The number of aliphatic hydroxyl groups is 1. The summed E-state index contributed by atoms with van der Waals surface area (Å²) in [6.07, 6.45) is 1.52. The van der Waals surface area contributed by atoms with Gasteiger partial charge in [0.05, 0.1) is 16.5 Å². The molecule has 150 valence electrons. The molecule has 10 heteroatoms. The molecule has 1 aliphatic rings. The van der Waals surface area contributed by atoms with Gasteiger partial charge in [-0.3, -0.25) is 24.6 Å². The van der Waals surface area contributed by atoms with E-state index in [9.17, 15) is 24.8 Å². The Bertz CT molecular complexity index is 1170. The standard InChI is InChI=1S/C20H12BrN3O5S/c21-13-5-1-11(2-6-13)16-15(17(25)12-3-7-14(8-4-12)24(28)29)18(26)19(27)23(16)20-22-9-10-30-20/h1-10,16,25H/b17-15-. The number of non-ortho nitro benzene ring substituents is 1. The maximum Gasteiger partial charge on any atom is 0.301 e. The van der Waals surface area contributed by atoms with Crippen LogP contribution in [0.5, 0.6) is 0 Å². The van der Waals surface area contributed by atoms with Crippen molar-refractivity contribution in [3.05, 3.63) is 91.4 Å². The Labute approximate surface area is 182 Å². The van der Waals surface area contributed by atoms with Crippen LogP contribution in [0.1, 0.15) is 17.2 Å². The van der Waals surface area contributed by atoms with Crippen LogP contribution in [0, 0.1) is 10.1 Å². The number of carbonyl (C=O) groups excluding carboxylic acids is 2. The number of hydrogen-bond acceptors (Lipinski definition) is 7. The molecule has 30 heavy (non-hydrogen) atoms. The largest absolute Gasteiger partial charge is 0.507 e. The molecule has 2 aromatic carbocycles. The number of rotatable bonds is 4. The number of Topliss-reactive ketones (excluding diaryl/α,β-unsaturated/α-hetero) is 1. The summed E-state index contributed by atoms with van der Waals surface area (Å²) in [6, 6.07) is 11.2. The highest BCUT2D eigenvalue weighted by Gasteiger charge is 2.47. The van der Waals surface area contributed by atoms with Crippen molar-refractivity contribution in [3.8, 4) is 0 Å². The average Bonchev–Trinajstić information content (AvgIpc) is 3.35. The number of anilines is 1. The van der Waals surface area contributed by atoms with Gasteiger partial charge in [0.2, 0.25) is 0 Å². The topological polar surface area (TPSA) is 114 Å². The molecule has 1 N–H and O–H groups in total. The molecule has 1 fully saturated rings. The van der Waals surface area contributed by atoms with E-state index in [1.165, 1.54) is 46.7 Å². The van der Waals surface area contributed by atoms with Gasteiger partial charge in [0.1, 0.15) is 5.76 Å².